The zero-order chi connectivity index (χ0) is 12.0. The van der Waals surface area contributed by atoms with Gasteiger partial charge in [0, 0.05) is 21.7 Å². The van der Waals surface area contributed by atoms with E-state index >= 15 is 0 Å². The van der Waals surface area contributed by atoms with Crippen molar-refractivity contribution in [2.24, 2.45) is 0 Å². The number of halogens is 2. The summed E-state index contributed by atoms with van der Waals surface area (Å²) in [5.74, 6) is 0.736. The predicted octanol–water partition coefficient (Wildman–Crippen LogP) is 4.24. The monoisotopic (exact) mass is 336 g/mol. The molecule has 0 unspecified atom stereocenters. The molecule has 2 aromatic carbocycles. The van der Waals surface area contributed by atoms with E-state index in [0.717, 1.165) is 11.1 Å². The van der Waals surface area contributed by atoms with Gasteiger partial charge in [0.1, 0.15) is 11.5 Å². The fourth-order valence-corrected chi connectivity index (χ4v) is 1.13. The second-order valence-corrected chi connectivity index (χ2v) is 3.57. The van der Waals surface area contributed by atoms with Crippen LogP contribution in [0, 0.1) is 13.8 Å². The van der Waals surface area contributed by atoms with Crippen molar-refractivity contribution in [1.82, 2.24) is 0 Å². The first-order valence-electron chi connectivity index (χ1n) is 5.10. The van der Waals surface area contributed by atoms with E-state index in [1.807, 2.05) is 50.2 Å². The van der Waals surface area contributed by atoms with Gasteiger partial charge < -0.3 is 10.2 Å². The molecule has 2 aromatic rings. The van der Waals surface area contributed by atoms with Crippen molar-refractivity contribution < 1.29 is 31.9 Å². The Hall–Kier alpha value is -0.666. The molecule has 2 N–H and O–H groups in total. The molecule has 0 saturated carbocycles. The first-order chi connectivity index (χ1) is 7.61. The molecule has 0 aliphatic rings. The van der Waals surface area contributed by atoms with E-state index in [1.165, 1.54) is 0 Å². The van der Waals surface area contributed by atoms with E-state index in [2.05, 4.69) is 0 Å². The molecule has 0 aliphatic carbocycles. The van der Waals surface area contributed by atoms with Gasteiger partial charge in [-0.3, -0.25) is 0 Å². The molecule has 0 atom stereocenters. The van der Waals surface area contributed by atoms with Crippen LogP contribution in [-0.4, -0.2) is 10.2 Å². The van der Waals surface area contributed by atoms with Gasteiger partial charge in [-0.1, -0.05) is 36.4 Å². The molecular formula is C14H18Cl2O2Ti. The smallest absolute Gasteiger partial charge is 0.118 e. The van der Waals surface area contributed by atoms with E-state index in [0.29, 0.717) is 11.5 Å². The quantitative estimate of drug-likeness (QED) is 0.706. The van der Waals surface area contributed by atoms with Crippen molar-refractivity contribution in [3.63, 3.8) is 0 Å². The Kier molecular flexibility index (Phi) is 15.3. The molecule has 0 spiro atoms. The van der Waals surface area contributed by atoms with Crippen LogP contribution in [0.4, 0.5) is 0 Å². The Bertz CT molecular complexity index is 379. The maximum atomic E-state index is 8.92. The number of benzene rings is 2. The van der Waals surface area contributed by atoms with Crippen molar-refractivity contribution in [2.75, 3.05) is 0 Å². The Morgan fingerprint density at radius 3 is 1.05 bits per heavy atom. The molecule has 0 bridgehead atoms. The minimum atomic E-state index is 0. The maximum absolute atomic E-state index is 8.92. The molecule has 0 saturated heterocycles. The third kappa shape index (κ3) is 8.96. The maximum Gasteiger partial charge on any atom is 0.118 e. The van der Waals surface area contributed by atoms with Gasteiger partial charge in [0.2, 0.25) is 0 Å². The number of aromatic hydroxyl groups is 2. The number of para-hydroxylation sites is 2. The fraction of sp³-hybridized carbons (Fsp3) is 0.143. The van der Waals surface area contributed by atoms with Gasteiger partial charge >= 0.3 is 0 Å². The summed E-state index contributed by atoms with van der Waals surface area (Å²) in [6, 6.07) is 14.5. The zero-order valence-electron chi connectivity index (χ0n) is 10.8. The standard InChI is InChI=1S/2C7H8O.2ClH.Ti/c2*1-6-4-2-3-5-7(6)8;;;/h2*2-5,8H,1H3;2*1H;. The molecular weight excluding hydrogens is 319 g/mol. The molecule has 0 fully saturated rings. The number of phenols is 2. The van der Waals surface area contributed by atoms with E-state index in [4.69, 9.17) is 10.2 Å². The summed E-state index contributed by atoms with van der Waals surface area (Å²) in [6.07, 6.45) is 0. The normalized spacial score (nSPS) is 7.68. The molecule has 19 heavy (non-hydrogen) atoms. The largest absolute Gasteiger partial charge is 0.508 e. The van der Waals surface area contributed by atoms with Gasteiger partial charge in [-0.25, -0.2) is 0 Å². The number of phenolic OH excluding ortho intramolecular Hbond substituents is 2. The van der Waals surface area contributed by atoms with E-state index in [9.17, 15) is 0 Å². The minimum Gasteiger partial charge on any atom is -0.508 e. The Labute approximate surface area is 141 Å². The molecule has 104 valence electrons. The predicted molar refractivity (Wildman–Crippen MR) is 80.2 cm³/mol. The Morgan fingerprint density at radius 1 is 0.632 bits per heavy atom. The molecule has 0 radical (unpaired) electrons. The number of rotatable bonds is 0. The summed E-state index contributed by atoms with van der Waals surface area (Å²) in [5.41, 5.74) is 1.85. The Morgan fingerprint density at radius 2 is 0.895 bits per heavy atom. The minimum absolute atomic E-state index is 0. The molecule has 0 heterocycles. The van der Waals surface area contributed by atoms with Crippen molar-refractivity contribution in [3.8, 4) is 11.5 Å². The molecule has 0 aromatic heterocycles. The summed E-state index contributed by atoms with van der Waals surface area (Å²) >= 11 is 0. The van der Waals surface area contributed by atoms with E-state index in [1.54, 1.807) is 12.1 Å². The second-order valence-electron chi connectivity index (χ2n) is 3.57. The Balaban J connectivity index is -0.000000233. The zero-order valence-corrected chi connectivity index (χ0v) is 14.0. The number of aryl methyl sites for hydroxylation is 2. The van der Waals surface area contributed by atoms with Crippen LogP contribution >= 0.6 is 24.8 Å². The van der Waals surface area contributed by atoms with Gasteiger partial charge in [-0.05, 0) is 37.1 Å². The van der Waals surface area contributed by atoms with Crippen LogP contribution in [0.3, 0.4) is 0 Å². The van der Waals surface area contributed by atoms with Crippen LogP contribution in [0.1, 0.15) is 11.1 Å². The number of hydrogen-bond donors (Lipinski definition) is 2. The van der Waals surface area contributed by atoms with Gasteiger partial charge in [0.15, 0.2) is 0 Å². The topological polar surface area (TPSA) is 40.5 Å². The summed E-state index contributed by atoms with van der Waals surface area (Å²) < 4.78 is 0. The summed E-state index contributed by atoms with van der Waals surface area (Å²) in [5, 5.41) is 17.8. The van der Waals surface area contributed by atoms with Crippen LogP contribution in [0.15, 0.2) is 48.5 Å². The average molecular weight is 337 g/mol. The van der Waals surface area contributed by atoms with Gasteiger partial charge in [0.05, 0.1) is 0 Å². The molecule has 0 aliphatic heterocycles. The molecule has 0 amide bonds. The second kappa shape index (κ2) is 12.4. The third-order valence-electron chi connectivity index (χ3n) is 2.23. The van der Waals surface area contributed by atoms with Crippen LogP contribution in [-0.2, 0) is 21.7 Å². The molecule has 2 nitrogen and oxygen atoms in total. The SMILES string of the molecule is Cc1ccccc1O.Cc1ccccc1O.Cl.Cl.[Ti]. The van der Waals surface area contributed by atoms with Crippen molar-refractivity contribution >= 4 is 24.8 Å². The first-order valence-corrected chi connectivity index (χ1v) is 5.10. The van der Waals surface area contributed by atoms with Gasteiger partial charge in [0.25, 0.3) is 0 Å². The van der Waals surface area contributed by atoms with Gasteiger partial charge in [-0.2, -0.15) is 0 Å². The first kappa shape index (κ1) is 23.4. The van der Waals surface area contributed by atoms with Crippen LogP contribution in [0.25, 0.3) is 0 Å². The summed E-state index contributed by atoms with van der Waals surface area (Å²) in [6.45, 7) is 3.74. The van der Waals surface area contributed by atoms with Crippen molar-refractivity contribution in [2.45, 2.75) is 13.8 Å². The third-order valence-corrected chi connectivity index (χ3v) is 2.23. The van der Waals surface area contributed by atoms with Crippen molar-refractivity contribution in [1.29, 1.82) is 0 Å². The van der Waals surface area contributed by atoms with E-state index in [-0.39, 0.29) is 46.5 Å². The average Bonchev–Trinajstić information content (AvgIpc) is 2.28. The van der Waals surface area contributed by atoms with Crippen molar-refractivity contribution in [3.05, 3.63) is 59.7 Å². The van der Waals surface area contributed by atoms with Crippen LogP contribution < -0.4 is 0 Å². The number of hydrogen-bond acceptors (Lipinski definition) is 2. The van der Waals surface area contributed by atoms with Gasteiger partial charge in [-0.15, -0.1) is 24.8 Å². The molecule has 2 rings (SSSR count). The van der Waals surface area contributed by atoms with Crippen LogP contribution in [0.5, 0.6) is 11.5 Å². The molecule has 5 heteroatoms. The fourth-order valence-electron chi connectivity index (χ4n) is 1.13. The van der Waals surface area contributed by atoms with Crippen LogP contribution in [0.2, 0.25) is 0 Å². The summed E-state index contributed by atoms with van der Waals surface area (Å²) in [7, 11) is 0. The summed E-state index contributed by atoms with van der Waals surface area (Å²) in [4.78, 5) is 0. The van der Waals surface area contributed by atoms with E-state index < -0.39 is 0 Å².